The highest BCUT2D eigenvalue weighted by Gasteiger charge is 2.15. The molecule has 0 aliphatic heterocycles. The van der Waals surface area contributed by atoms with Crippen LogP contribution in [0.15, 0.2) is 12.1 Å². The van der Waals surface area contributed by atoms with Crippen molar-refractivity contribution < 1.29 is 9.18 Å². The maximum atomic E-state index is 13.2. The van der Waals surface area contributed by atoms with Crippen LogP contribution in [0.3, 0.4) is 0 Å². The predicted octanol–water partition coefficient (Wildman–Crippen LogP) is 2.46. The summed E-state index contributed by atoms with van der Waals surface area (Å²) >= 11 is 11.4. The van der Waals surface area contributed by atoms with Gasteiger partial charge >= 0.3 is 0 Å². The fourth-order valence-corrected chi connectivity index (χ4v) is 1.78. The zero-order valence-corrected chi connectivity index (χ0v) is 9.35. The number of rotatable bonds is 4. The van der Waals surface area contributed by atoms with E-state index in [1.54, 1.807) is 0 Å². The van der Waals surface area contributed by atoms with Crippen LogP contribution in [0.4, 0.5) is 4.39 Å². The molecule has 0 spiro atoms. The summed E-state index contributed by atoms with van der Waals surface area (Å²) in [5, 5.41) is 0.197. The zero-order valence-electron chi connectivity index (χ0n) is 7.84. The molecule has 0 saturated heterocycles. The first-order chi connectivity index (χ1) is 7.13. The van der Waals surface area contributed by atoms with Crippen LogP contribution in [0.25, 0.3) is 0 Å². The van der Waals surface area contributed by atoms with Crippen LogP contribution in [0, 0.1) is 5.82 Å². The van der Waals surface area contributed by atoms with Gasteiger partial charge in [-0.25, -0.2) is 4.39 Å². The van der Waals surface area contributed by atoms with E-state index in [-0.39, 0.29) is 17.4 Å². The van der Waals surface area contributed by atoms with Crippen LogP contribution in [-0.2, 0) is 11.3 Å². The number of hydrogen-bond acceptors (Lipinski definition) is 2. The molecule has 15 heavy (non-hydrogen) atoms. The standard InChI is InChI=1S/C10H10Cl2FNO/c11-3-7(5-15)8-1-6(4-14)10(13)2-9(8)12/h1-2,5,7H,3-4,14H2. The molecule has 1 atom stereocenters. The number of halogens is 3. The average Bonchev–Trinajstić information content (AvgIpc) is 2.22. The number of alkyl halides is 1. The first kappa shape index (κ1) is 12.4. The Morgan fingerprint density at radius 1 is 1.53 bits per heavy atom. The van der Waals surface area contributed by atoms with Crippen LogP contribution in [0.1, 0.15) is 17.0 Å². The molecule has 0 fully saturated rings. The smallest absolute Gasteiger partial charge is 0.129 e. The minimum Gasteiger partial charge on any atom is -0.326 e. The Morgan fingerprint density at radius 3 is 2.67 bits per heavy atom. The third-order valence-electron chi connectivity index (χ3n) is 2.12. The Bertz CT molecular complexity index is 371. The molecule has 1 aromatic rings. The molecule has 0 aliphatic carbocycles. The molecule has 1 aromatic carbocycles. The van der Waals surface area contributed by atoms with Crippen molar-refractivity contribution in [2.24, 2.45) is 5.73 Å². The zero-order chi connectivity index (χ0) is 11.4. The maximum Gasteiger partial charge on any atom is 0.129 e. The lowest BCUT2D eigenvalue weighted by atomic mass is 10.00. The lowest BCUT2D eigenvalue weighted by Crippen LogP contribution is -2.07. The van der Waals surface area contributed by atoms with Crippen molar-refractivity contribution in [3.8, 4) is 0 Å². The number of carbonyl (C=O) groups is 1. The highest BCUT2D eigenvalue weighted by molar-refractivity contribution is 6.31. The van der Waals surface area contributed by atoms with E-state index in [0.717, 1.165) is 6.07 Å². The summed E-state index contributed by atoms with van der Waals surface area (Å²) in [6, 6.07) is 2.64. The summed E-state index contributed by atoms with van der Waals surface area (Å²) in [4.78, 5) is 10.7. The minimum absolute atomic E-state index is 0.0594. The van der Waals surface area contributed by atoms with E-state index < -0.39 is 11.7 Å². The fraction of sp³-hybridized carbons (Fsp3) is 0.300. The van der Waals surface area contributed by atoms with Gasteiger partial charge in [0.05, 0.1) is 5.92 Å². The maximum absolute atomic E-state index is 13.2. The van der Waals surface area contributed by atoms with E-state index >= 15 is 0 Å². The van der Waals surface area contributed by atoms with Gasteiger partial charge in [0.25, 0.3) is 0 Å². The van der Waals surface area contributed by atoms with Gasteiger partial charge in [0, 0.05) is 23.0 Å². The van der Waals surface area contributed by atoms with Gasteiger partial charge in [0.2, 0.25) is 0 Å². The summed E-state index contributed by atoms with van der Waals surface area (Å²) in [7, 11) is 0. The van der Waals surface area contributed by atoms with E-state index in [1.807, 2.05) is 0 Å². The number of carbonyl (C=O) groups excluding carboxylic acids is 1. The predicted molar refractivity (Wildman–Crippen MR) is 58.8 cm³/mol. The number of nitrogens with two attached hydrogens (primary N) is 1. The van der Waals surface area contributed by atoms with Crippen molar-refractivity contribution in [2.75, 3.05) is 5.88 Å². The van der Waals surface area contributed by atoms with Crippen LogP contribution in [0.5, 0.6) is 0 Å². The lowest BCUT2D eigenvalue weighted by Gasteiger charge is -2.11. The third-order valence-corrected chi connectivity index (χ3v) is 2.78. The fourth-order valence-electron chi connectivity index (χ4n) is 1.25. The molecular weight excluding hydrogens is 240 g/mol. The second-order valence-corrected chi connectivity index (χ2v) is 3.78. The molecule has 0 saturated carbocycles. The Balaban J connectivity index is 3.22. The molecule has 1 rings (SSSR count). The molecule has 82 valence electrons. The molecule has 0 amide bonds. The first-order valence-electron chi connectivity index (χ1n) is 4.33. The van der Waals surface area contributed by atoms with E-state index in [9.17, 15) is 9.18 Å². The third kappa shape index (κ3) is 2.68. The quantitative estimate of drug-likeness (QED) is 0.658. The van der Waals surface area contributed by atoms with Gasteiger partial charge in [-0.2, -0.15) is 0 Å². The van der Waals surface area contributed by atoms with Crippen molar-refractivity contribution >= 4 is 29.5 Å². The number of aldehydes is 1. The van der Waals surface area contributed by atoms with Gasteiger partial charge < -0.3 is 10.5 Å². The first-order valence-corrected chi connectivity index (χ1v) is 5.24. The molecule has 0 aromatic heterocycles. The molecule has 0 aliphatic rings. The van der Waals surface area contributed by atoms with Gasteiger partial charge in [0.1, 0.15) is 12.1 Å². The van der Waals surface area contributed by atoms with Crippen LogP contribution in [-0.4, -0.2) is 12.2 Å². The van der Waals surface area contributed by atoms with E-state index in [0.29, 0.717) is 17.4 Å². The molecule has 1 unspecified atom stereocenters. The highest BCUT2D eigenvalue weighted by Crippen LogP contribution is 2.27. The molecule has 5 heteroatoms. The number of hydrogen-bond donors (Lipinski definition) is 1. The Labute approximate surface area is 97.2 Å². The van der Waals surface area contributed by atoms with Gasteiger partial charge in [-0.1, -0.05) is 11.6 Å². The molecule has 2 N–H and O–H groups in total. The minimum atomic E-state index is -0.523. The summed E-state index contributed by atoms with van der Waals surface area (Å²) < 4.78 is 13.2. The molecule has 0 radical (unpaired) electrons. The lowest BCUT2D eigenvalue weighted by molar-refractivity contribution is -0.108. The van der Waals surface area contributed by atoms with Crippen molar-refractivity contribution in [1.82, 2.24) is 0 Å². The van der Waals surface area contributed by atoms with Crippen LogP contribution in [0.2, 0.25) is 5.02 Å². The van der Waals surface area contributed by atoms with Crippen molar-refractivity contribution in [3.05, 3.63) is 34.1 Å². The van der Waals surface area contributed by atoms with Crippen LogP contribution < -0.4 is 5.73 Å². The van der Waals surface area contributed by atoms with Gasteiger partial charge in [0.15, 0.2) is 0 Å². The number of benzene rings is 1. The molecule has 0 heterocycles. The van der Waals surface area contributed by atoms with Gasteiger partial charge in [-0.05, 0) is 17.7 Å². The highest BCUT2D eigenvalue weighted by atomic mass is 35.5. The van der Waals surface area contributed by atoms with Crippen molar-refractivity contribution in [2.45, 2.75) is 12.5 Å². The van der Waals surface area contributed by atoms with Gasteiger partial charge in [-0.15, -0.1) is 11.6 Å². The Morgan fingerprint density at radius 2 is 2.20 bits per heavy atom. The summed E-state index contributed by atoms with van der Waals surface area (Å²) in [6.45, 7) is 0.0594. The Kier molecular flexibility index (Phi) is 4.51. The Hall–Kier alpha value is -0.640. The largest absolute Gasteiger partial charge is 0.326 e. The summed E-state index contributed by atoms with van der Waals surface area (Å²) in [5.41, 5.74) is 6.19. The molecule has 0 bridgehead atoms. The van der Waals surface area contributed by atoms with E-state index in [2.05, 4.69) is 0 Å². The normalized spacial score (nSPS) is 12.5. The van der Waals surface area contributed by atoms with E-state index in [4.69, 9.17) is 28.9 Å². The van der Waals surface area contributed by atoms with Gasteiger partial charge in [-0.3, -0.25) is 0 Å². The second kappa shape index (κ2) is 5.45. The molecule has 2 nitrogen and oxygen atoms in total. The monoisotopic (exact) mass is 249 g/mol. The molecular formula is C10H10Cl2FNO. The van der Waals surface area contributed by atoms with Crippen molar-refractivity contribution in [1.29, 1.82) is 0 Å². The SMILES string of the molecule is NCc1cc(C(C=O)CCl)c(Cl)cc1F. The van der Waals surface area contributed by atoms with E-state index in [1.165, 1.54) is 6.07 Å². The second-order valence-electron chi connectivity index (χ2n) is 3.07. The summed E-state index contributed by atoms with van der Waals surface area (Å²) in [5.74, 6) is -0.880. The summed E-state index contributed by atoms with van der Waals surface area (Å²) in [6.07, 6.45) is 0.687. The average molecular weight is 250 g/mol. The van der Waals surface area contributed by atoms with Crippen LogP contribution >= 0.6 is 23.2 Å². The van der Waals surface area contributed by atoms with Crippen molar-refractivity contribution in [3.63, 3.8) is 0 Å². The topological polar surface area (TPSA) is 43.1 Å².